The molecule has 1 aliphatic rings. The van der Waals surface area contributed by atoms with Crippen molar-refractivity contribution in [2.24, 2.45) is 0 Å². The second-order valence-electron chi connectivity index (χ2n) is 5.14. The van der Waals surface area contributed by atoms with E-state index in [4.69, 9.17) is 4.74 Å². The molecule has 2 aromatic rings. The van der Waals surface area contributed by atoms with Gasteiger partial charge in [-0.25, -0.2) is 4.39 Å². The molecule has 2 N–H and O–H groups in total. The number of hydrogen-bond acceptors (Lipinski definition) is 3. The van der Waals surface area contributed by atoms with Crippen LogP contribution in [0.15, 0.2) is 42.5 Å². The van der Waals surface area contributed by atoms with E-state index < -0.39 is 11.7 Å². The van der Waals surface area contributed by atoms with Gasteiger partial charge in [0.15, 0.2) is 0 Å². The molecule has 2 aromatic carbocycles. The molecule has 3 rings (SSSR count). The predicted molar refractivity (Wildman–Crippen MR) is 82.8 cm³/mol. The average molecular weight is 314 g/mol. The Kier molecular flexibility index (Phi) is 4.23. The standard InChI is InChI=1S/C17H15FN2O3/c18-13-4-2-1-3-12(13)17(22)19-10-11-5-6-15-14(9-11)20-16(21)7-8-23-15/h1-6,9H,7-8,10H2,(H,19,22)(H,20,21). The Labute approximate surface area is 132 Å². The fourth-order valence-corrected chi connectivity index (χ4v) is 2.30. The Bertz CT molecular complexity index is 761. The van der Waals surface area contributed by atoms with Crippen LogP contribution in [-0.4, -0.2) is 18.4 Å². The number of amides is 2. The summed E-state index contributed by atoms with van der Waals surface area (Å²) in [5.41, 5.74) is 1.35. The van der Waals surface area contributed by atoms with Gasteiger partial charge in [0.05, 0.1) is 24.3 Å². The van der Waals surface area contributed by atoms with Crippen molar-refractivity contribution in [3.8, 4) is 5.75 Å². The van der Waals surface area contributed by atoms with Crippen LogP contribution in [-0.2, 0) is 11.3 Å². The van der Waals surface area contributed by atoms with Crippen molar-refractivity contribution in [3.63, 3.8) is 0 Å². The molecular weight excluding hydrogens is 299 g/mol. The maximum atomic E-state index is 13.6. The third kappa shape index (κ3) is 3.48. The first-order valence-corrected chi connectivity index (χ1v) is 7.22. The minimum absolute atomic E-state index is 0.00102. The molecule has 23 heavy (non-hydrogen) atoms. The molecule has 2 amide bonds. The maximum absolute atomic E-state index is 13.6. The third-order valence-electron chi connectivity index (χ3n) is 3.48. The van der Waals surface area contributed by atoms with Crippen molar-refractivity contribution >= 4 is 17.5 Å². The number of carbonyl (C=O) groups excluding carboxylic acids is 2. The first-order valence-electron chi connectivity index (χ1n) is 7.22. The molecule has 0 saturated carbocycles. The summed E-state index contributed by atoms with van der Waals surface area (Å²) in [5.74, 6) is -0.567. The molecule has 1 heterocycles. The van der Waals surface area contributed by atoms with Gasteiger partial charge < -0.3 is 15.4 Å². The fourth-order valence-electron chi connectivity index (χ4n) is 2.30. The van der Waals surface area contributed by atoms with E-state index in [1.807, 2.05) is 0 Å². The number of hydrogen-bond donors (Lipinski definition) is 2. The Morgan fingerprint density at radius 2 is 2.09 bits per heavy atom. The van der Waals surface area contributed by atoms with Crippen LogP contribution in [0, 0.1) is 5.82 Å². The summed E-state index contributed by atoms with van der Waals surface area (Å²) in [7, 11) is 0. The first-order chi connectivity index (χ1) is 11.1. The van der Waals surface area contributed by atoms with Crippen LogP contribution in [0.5, 0.6) is 5.75 Å². The van der Waals surface area contributed by atoms with E-state index in [9.17, 15) is 14.0 Å². The molecule has 0 saturated heterocycles. The number of ether oxygens (including phenoxy) is 1. The zero-order valence-electron chi connectivity index (χ0n) is 12.3. The molecule has 5 nitrogen and oxygen atoms in total. The van der Waals surface area contributed by atoms with Crippen molar-refractivity contribution in [3.05, 3.63) is 59.4 Å². The highest BCUT2D eigenvalue weighted by molar-refractivity contribution is 5.94. The molecule has 0 aliphatic carbocycles. The minimum atomic E-state index is -0.562. The fraction of sp³-hybridized carbons (Fsp3) is 0.176. The van der Waals surface area contributed by atoms with Gasteiger partial charge >= 0.3 is 0 Å². The van der Waals surface area contributed by atoms with Crippen LogP contribution in [0.25, 0.3) is 0 Å². The van der Waals surface area contributed by atoms with Crippen molar-refractivity contribution in [2.75, 3.05) is 11.9 Å². The van der Waals surface area contributed by atoms with Gasteiger partial charge in [0, 0.05) is 6.54 Å². The lowest BCUT2D eigenvalue weighted by Gasteiger charge is -2.10. The van der Waals surface area contributed by atoms with Crippen molar-refractivity contribution < 1.29 is 18.7 Å². The van der Waals surface area contributed by atoms with Crippen molar-refractivity contribution in [2.45, 2.75) is 13.0 Å². The lowest BCUT2D eigenvalue weighted by atomic mass is 10.1. The van der Waals surface area contributed by atoms with Crippen molar-refractivity contribution in [1.82, 2.24) is 5.32 Å². The van der Waals surface area contributed by atoms with Crippen LogP contribution in [0.3, 0.4) is 0 Å². The highest BCUT2D eigenvalue weighted by Crippen LogP contribution is 2.28. The lowest BCUT2D eigenvalue weighted by Crippen LogP contribution is -2.23. The van der Waals surface area contributed by atoms with Gasteiger partial charge in [0.1, 0.15) is 11.6 Å². The molecule has 118 valence electrons. The number of anilines is 1. The molecule has 0 aromatic heterocycles. The molecule has 0 radical (unpaired) electrons. The Hall–Kier alpha value is -2.89. The van der Waals surface area contributed by atoms with E-state index in [0.717, 1.165) is 5.56 Å². The van der Waals surface area contributed by atoms with Gasteiger partial charge in [-0.05, 0) is 29.8 Å². The summed E-state index contributed by atoms with van der Waals surface area (Å²) < 4.78 is 19.0. The first kappa shape index (κ1) is 15.0. The van der Waals surface area contributed by atoms with Crippen LogP contribution in [0.4, 0.5) is 10.1 Å². The van der Waals surface area contributed by atoms with E-state index in [1.54, 1.807) is 24.3 Å². The van der Waals surface area contributed by atoms with E-state index >= 15 is 0 Å². The highest BCUT2D eigenvalue weighted by atomic mass is 19.1. The summed E-state index contributed by atoms with van der Waals surface area (Å²) in [6.45, 7) is 0.554. The zero-order valence-corrected chi connectivity index (χ0v) is 12.3. The minimum Gasteiger partial charge on any atom is -0.491 e. The summed E-state index contributed by atoms with van der Waals surface area (Å²) >= 11 is 0. The Morgan fingerprint density at radius 3 is 2.91 bits per heavy atom. The third-order valence-corrected chi connectivity index (χ3v) is 3.48. The van der Waals surface area contributed by atoms with Crippen molar-refractivity contribution in [1.29, 1.82) is 0 Å². The topological polar surface area (TPSA) is 67.4 Å². The zero-order chi connectivity index (χ0) is 16.2. The molecule has 0 spiro atoms. The molecular formula is C17H15FN2O3. The number of carbonyl (C=O) groups is 2. The summed E-state index contributed by atoms with van der Waals surface area (Å²) in [5, 5.41) is 5.41. The number of rotatable bonds is 3. The van der Waals surface area contributed by atoms with Crippen LogP contribution in [0.1, 0.15) is 22.3 Å². The number of halogens is 1. The van der Waals surface area contributed by atoms with Gasteiger partial charge in [-0.15, -0.1) is 0 Å². The Morgan fingerprint density at radius 1 is 1.26 bits per heavy atom. The summed E-state index contributed by atoms with van der Waals surface area (Å²) in [4.78, 5) is 23.5. The number of benzene rings is 2. The maximum Gasteiger partial charge on any atom is 0.254 e. The van der Waals surface area contributed by atoms with Gasteiger partial charge in [-0.3, -0.25) is 9.59 Å². The second kappa shape index (κ2) is 6.48. The smallest absolute Gasteiger partial charge is 0.254 e. The second-order valence-corrected chi connectivity index (χ2v) is 5.14. The highest BCUT2D eigenvalue weighted by Gasteiger charge is 2.15. The molecule has 0 fully saturated rings. The molecule has 0 atom stereocenters. The van der Waals surface area contributed by atoms with Gasteiger partial charge in [0.2, 0.25) is 5.91 Å². The monoisotopic (exact) mass is 314 g/mol. The molecule has 1 aliphatic heterocycles. The molecule has 6 heteroatoms. The molecule has 0 unspecified atom stereocenters. The largest absolute Gasteiger partial charge is 0.491 e. The summed E-state index contributed by atoms with van der Waals surface area (Å²) in [6, 6.07) is 11.1. The van der Waals surface area contributed by atoms with Gasteiger partial charge in [-0.2, -0.15) is 0 Å². The van der Waals surface area contributed by atoms with Gasteiger partial charge in [0.25, 0.3) is 5.91 Å². The SMILES string of the molecule is O=C1CCOc2ccc(CNC(=O)c3ccccc3F)cc2N1. The van der Waals surface area contributed by atoms with E-state index in [0.29, 0.717) is 24.5 Å². The summed E-state index contributed by atoms with van der Waals surface area (Å²) in [6.07, 6.45) is 0.300. The normalized spacial score (nSPS) is 13.3. The van der Waals surface area contributed by atoms with Crippen LogP contribution < -0.4 is 15.4 Å². The number of nitrogens with one attached hydrogen (secondary N) is 2. The van der Waals surface area contributed by atoms with E-state index in [2.05, 4.69) is 10.6 Å². The van der Waals surface area contributed by atoms with Gasteiger partial charge in [-0.1, -0.05) is 18.2 Å². The van der Waals surface area contributed by atoms with E-state index in [1.165, 1.54) is 18.2 Å². The van der Waals surface area contributed by atoms with Crippen LogP contribution >= 0.6 is 0 Å². The quantitative estimate of drug-likeness (QED) is 0.914. The Balaban J connectivity index is 1.70. The van der Waals surface area contributed by atoms with Crippen LogP contribution in [0.2, 0.25) is 0 Å². The molecule has 0 bridgehead atoms. The predicted octanol–water partition coefficient (Wildman–Crippen LogP) is 2.48. The number of fused-ring (bicyclic) bond motifs is 1. The lowest BCUT2D eigenvalue weighted by molar-refractivity contribution is -0.116. The average Bonchev–Trinajstić information content (AvgIpc) is 2.73. The van der Waals surface area contributed by atoms with E-state index in [-0.39, 0.29) is 18.0 Å².